The van der Waals surface area contributed by atoms with Crippen molar-refractivity contribution >= 4 is 12.0 Å². The molecular formula is C12H9F3N2O. The minimum absolute atomic E-state index is 0.410. The third-order valence-electron chi connectivity index (χ3n) is 1.91. The minimum Gasteiger partial charge on any atom is -0.343 e. The van der Waals surface area contributed by atoms with Crippen LogP contribution in [0, 0.1) is 11.3 Å². The number of carbonyl (C=O) groups excluding carboxylic acids is 1. The Morgan fingerprint density at radius 1 is 1.44 bits per heavy atom. The molecule has 0 aromatic heterocycles. The normalized spacial score (nSPS) is 11.2. The zero-order valence-corrected chi connectivity index (χ0v) is 9.16. The van der Waals surface area contributed by atoms with Crippen molar-refractivity contribution in [1.29, 1.82) is 5.26 Å². The zero-order chi connectivity index (χ0) is 13.6. The fraction of sp³-hybridized carbons (Fsp3) is 0.167. The molecule has 0 unspecified atom stereocenters. The number of nitrogens with one attached hydrogen (secondary N) is 1. The highest BCUT2D eigenvalue weighted by Crippen LogP contribution is 2.12. The Morgan fingerprint density at radius 2 is 2.17 bits per heavy atom. The lowest BCUT2D eigenvalue weighted by molar-refractivity contribution is -0.135. The Bertz CT molecular complexity index is 501. The maximum atomic E-state index is 11.8. The monoisotopic (exact) mass is 254 g/mol. The van der Waals surface area contributed by atoms with Crippen molar-refractivity contribution in [2.45, 2.75) is 6.18 Å². The fourth-order valence-corrected chi connectivity index (χ4v) is 1.13. The second-order valence-electron chi connectivity index (χ2n) is 3.40. The third-order valence-corrected chi connectivity index (χ3v) is 1.91. The van der Waals surface area contributed by atoms with E-state index in [4.69, 9.17) is 5.26 Å². The molecule has 0 saturated carbocycles. The first-order valence-corrected chi connectivity index (χ1v) is 4.93. The number of alkyl halides is 3. The maximum absolute atomic E-state index is 11.8. The van der Waals surface area contributed by atoms with E-state index in [-0.39, 0.29) is 0 Å². The maximum Gasteiger partial charge on any atom is 0.405 e. The summed E-state index contributed by atoms with van der Waals surface area (Å²) in [7, 11) is 0. The molecule has 94 valence electrons. The summed E-state index contributed by atoms with van der Waals surface area (Å²) in [5, 5.41) is 10.3. The second-order valence-corrected chi connectivity index (χ2v) is 3.40. The Morgan fingerprint density at radius 3 is 2.78 bits per heavy atom. The highest BCUT2D eigenvalue weighted by atomic mass is 19.4. The average molecular weight is 254 g/mol. The second kappa shape index (κ2) is 5.87. The molecule has 0 atom stereocenters. The summed E-state index contributed by atoms with van der Waals surface area (Å²) < 4.78 is 35.4. The van der Waals surface area contributed by atoms with Crippen LogP contribution in [0.4, 0.5) is 13.2 Å². The van der Waals surface area contributed by atoms with Crippen molar-refractivity contribution in [3.05, 3.63) is 41.5 Å². The van der Waals surface area contributed by atoms with E-state index in [0.717, 1.165) is 6.08 Å². The van der Waals surface area contributed by atoms with Crippen molar-refractivity contribution in [2.24, 2.45) is 0 Å². The number of rotatable bonds is 3. The summed E-state index contributed by atoms with van der Waals surface area (Å²) in [5.41, 5.74) is 0.976. The Kier molecular flexibility index (Phi) is 4.49. The largest absolute Gasteiger partial charge is 0.405 e. The van der Waals surface area contributed by atoms with E-state index in [1.807, 2.05) is 6.07 Å². The van der Waals surface area contributed by atoms with Gasteiger partial charge in [0.25, 0.3) is 0 Å². The molecule has 0 bridgehead atoms. The van der Waals surface area contributed by atoms with Gasteiger partial charge in [0.2, 0.25) is 5.91 Å². The average Bonchev–Trinajstić information content (AvgIpc) is 2.33. The van der Waals surface area contributed by atoms with Gasteiger partial charge in [-0.05, 0) is 23.8 Å². The molecule has 1 N–H and O–H groups in total. The summed E-state index contributed by atoms with van der Waals surface area (Å²) in [5.74, 6) is -0.838. The molecule has 0 aliphatic carbocycles. The molecule has 1 amide bonds. The smallest absolute Gasteiger partial charge is 0.343 e. The topological polar surface area (TPSA) is 52.9 Å². The summed E-state index contributed by atoms with van der Waals surface area (Å²) in [4.78, 5) is 11.1. The minimum atomic E-state index is -4.43. The van der Waals surface area contributed by atoms with E-state index in [0.29, 0.717) is 11.1 Å². The van der Waals surface area contributed by atoms with E-state index in [1.165, 1.54) is 12.1 Å². The highest BCUT2D eigenvalue weighted by Gasteiger charge is 2.27. The molecule has 18 heavy (non-hydrogen) atoms. The van der Waals surface area contributed by atoms with Crippen molar-refractivity contribution in [3.8, 4) is 6.07 Å². The number of carbonyl (C=O) groups is 1. The van der Waals surface area contributed by atoms with Gasteiger partial charge in [-0.2, -0.15) is 18.4 Å². The van der Waals surface area contributed by atoms with Crippen LogP contribution in [0.15, 0.2) is 30.3 Å². The number of nitriles is 1. The van der Waals surface area contributed by atoms with Crippen LogP contribution in [0.3, 0.4) is 0 Å². The van der Waals surface area contributed by atoms with Crippen LogP contribution >= 0.6 is 0 Å². The van der Waals surface area contributed by atoms with Gasteiger partial charge >= 0.3 is 6.18 Å². The Hall–Kier alpha value is -2.29. The molecule has 0 radical (unpaired) electrons. The Labute approximate surface area is 102 Å². The SMILES string of the molecule is N#Cc1cccc(/C=C/C(=O)NCC(F)(F)F)c1. The number of hydrogen-bond donors (Lipinski definition) is 1. The summed E-state index contributed by atoms with van der Waals surface area (Å²) >= 11 is 0. The molecule has 1 aromatic rings. The van der Waals surface area contributed by atoms with E-state index in [9.17, 15) is 18.0 Å². The molecule has 0 aliphatic rings. The van der Waals surface area contributed by atoms with E-state index in [2.05, 4.69) is 0 Å². The number of hydrogen-bond acceptors (Lipinski definition) is 2. The van der Waals surface area contributed by atoms with Gasteiger partial charge in [0.05, 0.1) is 11.6 Å². The Balaban J connectivity index is 2.58. The van der Waals surface area contributed by atoms with Crippen molar-refractivity contribution in [3.63, 3.8) is 0 Å². The van der Waals surface area contributed by atoms with Crippen LogP contribution in [0.25, 0.3) is 6.08 Å². The highest BCUT2D eigenvalue weighted by molar-refractivity contribution is 5.91. The number of benzene rings is 1. The van der Waals surface area contributed by atoms with Crippen LogP contribution in [-0.2, 0) is 4.79 Å². The zero-order valence-electron chi connectivity index (χ0n) is 9.16. The molecule has 3 nitrogen and oxygen atoms in total. The standard InChI is InChI=1S/C12H9F3N2O/c13-12(14,15)8-17-11(18)5-4-9-2-1-3-10(6-9)7-16/h1-6H,8H2,(H,17,18)/b5-4+. The molecule has 0 spiro atoms. The first kappa shape index (κ1) is 13.8. The van der Waals surface area contributed by atoms with E-state index >= 15 is 0 Å². The van der Waals surface area contributed by atoms with Gasteiger partial charge in [0.1, 0.15) is 6.54 Å². The molecular weight excluding hydrogens is 245 g/mol. The van der Waals surface area contributed by atoms with Crippen LogP contribution in [0.1, 0.15) is 11.1 Å². The third kappa shape index (κ3) is 5.16. The van der Waals surface area contributed by atoms with Gasteiger partial charge in [-0.15, -0.1) is 0 Å². The molecule has 0 saturated heterocycles. The first-order valence-electron chi connectivity index (χ1n) is 4.93. The van der Waals surface area contributed by atoms with Gasteiger partial charge in [-0.25, -0.2) is 0 Å². The predicted molar refractivity (Wildman–Crippen MR) is 59.3 cm³/mol. The van der Waals surface area contributed by atoms with Gasteiger partial charge in [-0.1, -0.05) is 12.1 Å². The lowest BCUT2D eigenvalue weighted by Gasteiger charge is -2.05. The summed E-state index contributed by atoms with van der Waals surface area (Å²) in [6, 6.07) is 8.27. The molecule has 0 heterocycles. The van der Waals surface area contributed by atoms with E-state index in [1.54, 1.807) is 23.5 Å². The fourth-order valence-electron chi connectivity index (χ4n) is 1.13. The first-order chi connectivity index (χ1) is 8.40. The quantitative estimate of drug-likeness (QED) is 0.841. The number of halogens is 3. The van der Waals surface area contributed by atoms with Gasteiger partial charge in [-0.3, -0.25) is 4.79 Å². The molecule has 0 fully saturated rings. The van der Waals surface area contributed by atoms with Crippen LogP contribution in [-0.4, -0.2) is 18.6 Å². The molecule has 0 aliphatic heterocycles. The predicted octanol–water partition coefficient (Wildman–Crippen LogP) is 2.25. The molecule has 1 aromatic carbocycles. The van der Waals surface area contributed by atoms with Crippen LogP contribution < -0.4 is 5.32 Å². The molecule has 6 heteroatoms. The van der Waals surface area contributed by atoms with Crippen molar-refractivity contribution in [2.75, 3.05) is 6.54 Å². The lowest BCUT2D eigenvalue weighted by Crippen LogP contribution is -2.32. The summed E-state index contributed by atoms with van der Waals surface area (Å²) in [6.45, 7) is -1.37. The van der Waals surface area contributed by atoms with Gasteiger partial charge in [0.15, 0.2) is 0 Å². The van der Waals surface area contributed by atoms with Gasteiger partial charge < -0.3 is 5.32 Å². The van der Waals surface area contributed by atoms with Crippen molar-refractivity contribution in [1.82, 2.24) is 5.32 Å². The van der Waals surface area contributed by atoms with Crippen LogP contribution in [0.2, 0.25) is 0 Å². The molecule has 1 rings (SSSR count). The van der Waals surface area contributed by atoms with Gasteiger partial charge in [0, 0.05) is 6.08 Å². The lowest BCUT2D eigenvalue weighted by atomic mass is 10.1. The van der Waals surface area contributed by atoms with Crippen molar-refractivity contribution < 1.29 is 18.0 Å². The number of nitrogens with zero attached hydrogens (tertiary/aromatic N) is 1. The number of amides is 1. The van der Waals surface area contributed by atoms with Crippen LogP contribution in [0.5, 0.6) is 0 Å². The van der Waals surface area contributed by atoms with E-state index < -0.39 is 18.6 Å². The summed E-state index contributed by atoms with van der Waals surface area (Å²) in [6.07, 6.45) is -2.10.